The minimum Gasteiger partial charge on any atom is -0.488 e. The molecule has 1 heterocycles. The van der Waals surface area contributed by atoms with E-state index in [1.807, 2.05) is 39.0 Å². The van der Waals surface area contributed by atoms with Crippen LogP contribution in [0.15, 0.2) is 52.4 Å². The summed E-state index contributed by atoms with van der Waals surface area (Å²) in [5.41, 5.74) is 3.59. The lowest BCUT2D eigenvalue weighted by molar-refractivity contribution is -0.114. The second-order valence-electron chi connectivity index (χ2n) is 7.78. The van der Waals surface area contributed by atoms with Crippen molar-refractivity contribution in [3.05, 3.63) is 69.1 Å². The number of carbonyl (C=O) groups is 1. The summed E-state index contributed by atoms with van der Waals surface area (Å²) in [5, 5.41) is 10.2. The van der Waals surface area contributed by atoms with Gasteiger partial charge in [-0.3, -0.25) is 9.59 Å². The maximum absolute atomic E-state index is 12.4. The number of pyridine rings is 1. The molecule has 1 aromatic heterocycles. The third kappa shape index (κ3) is 7.40. The van der Waals surface area contributed by atoms with Gasteiger partial charge in [-0.15, -0.1) is 0 Å². The summed E-state index contributed by atoms with van der Waals surface area (Å²) in [5.74, 6) is 0.0970. The number of aromatic amines is 1. The maximum atomic E-state index is 12.4. The van der Waals surface area contributed by atoms with Gasteiger partial charge in [-0.05, 0) is 34.1 Å². The van der Waals surface area contributed by atoms with E-state index in [0.717, 1.165) is 23.3 Å². The Morgan fingerprint density at radius 1 is 1.23 bits per heavy atom. The zero-order chi connectivity index (χ0) is 23.7. The molecule has 1 rings (SSSR count). The van der Waals surface area contributed by atoms with Gasteiger partial charge in [0.25, 0.3) is 0 Å². The predicted molar refractivity (Wildman–Crippen MR) is 125 cm³/mol. The SMILES string of the molecule is C=C(C(C)=O)[C@H](O)[C@H](C)/C=C(C)/C=C/C/C(C)=C/Cc1[nH]c(OC)c(OC)c(=O)c1C. The molecule has 0 bridgehead atoms. The van der Waals surface area contributed by atoms with E-state index in [0.29, 0.717) is 17.9 Å². The Kier molecular flexibility index (Phi) is 10.2. The number of aliphatic hydroxyl groups is 1. The van der Waals surface area contributed by atoms with Gasteiger partial charge in [-0.1, -0.05) is 49.0 Å². The third-order valence-corrected chi connectivity index (χ3v) is 5.19. The number of hydrogen-bond donors (Lipinski definition) is 2. The number of ketones is 1. The molecule has 0 radical (unpaired) electrons. The highest BCUT2D eigenvalue weighted by Crippen LogP contribution is 2.22. The van der Waals surface area contributed by atoms with E-state index in [1.165, 1.54) is 21.1 Å². The molecule has 31 heavy (non-hydrogen) atoms. The Morgan fingerprint density at radius 2 is 1.87 bits per heavy atom. The average Bonchev–Trinajstić information content (AvgIpc) is 2.73. The van der Waals surface area contributed by atoms with Crippen LogP contribution in [0.1, 0.15) is 45.4 Å². The van der Waals surface area contributed by atoms with Gasteiger partial charge in [-0.2, -0.15) is 0 Å². The van der Waals surface area contributed by atoms with Crippen molar-refractivity contribution in [2.75, 3.05) is 14.2 Å². The first-order valence-corrected chi connectivity index (χ1v) is 10.3. The van der Waals surface area contributed by atoms with E-state index in [4.69, 9.17) is 9.47 Å². The van der Waals surface area contributed by atoms with Gasteiger partial charge in [-0.25, -0.2) is 0 Å². The molecule has 0 aliphatic rings. The fourth-order valence-electron chi connectivity index (χ4n) is 3.11. The Labute approximate surface area is 185 Å². The lowest BCUT2D eigenvalue weighted by Gasteiger charge is -2.16. The first-order chi connectivity index (χ1) is 14.5. The number of allylic oxidation sites excluding steroid dienone is 5. The van der Waals surface area contributed by atoms with Crippen LogP contribution in [0.2, 0.25) is 0 Å². The molecule has 0 amide bonds. The fraction of sp³-hybridized carbons (Fsp3) is 0.440. The molecule has 0 aromatic carbocycles. The molecule has 170 valence electrons. The van der Waals surface area contributed by atoms with Crippen molar-refractivity contribution in [3.63, 3.8) is 0 Å². The van der Waals surface area contributed by atoms with Crippen molar-refractivity contribution >= 4 is 5.78 Å². The van der Waals surface area contributed by atoms with Crippen LogP contribution in [0.4, 0.5) is 0 Å². The molecule has 2 atom stereocenters. The van der Waals surface area contributed by atoms with Crippen LogP contribution in [0.25, 0.3) is 0 Å². The topological polar surface area (TPSA) is 88.6 Å². The summed E-state index contributed by atoms with van der Waals surface area (Å²) in [6, 6.07) is 0. The highest BCUT2D eigenvalue weighted by Gasteiger charge is 2.18. The summed E-state index contributed by atoms with van der Waals surface area (Å²) in [7, 11) is 2.94. The van der Waals surface area contributed by atoms with E-state index >= 15 is 0 Å². The highest BCUT2D eigenvalue weighted by molar-refractivity contribution is 5.93. The van der Waals surface area contributed by atoms with E-state index < -0.39 is 6.10 Å². The van der Waals surface area contributed by atoms with E-state index in [2.05, 4.69) is 17.6 Å². The van der Waals surface area contributed by atoms with E-state index in [9.17, 15) is 14.7 Å². The van der Waals surface area contributed by atoms with Gasteiger partial charge in [0.05, 0.1) is 20.3 Å². The van der Waals surface area contributed by atoms with Gasteiger partial charge >= 0.3 is 0 Å². The Bertz CT molecular complexity index is 949. The maximum Gasteiger partial charge on any atom is 0.238 e. The van der Waals surface area contributed by atoms with Gasteiger partial charge in [0.15, 0.2) is 5.78 Å². The Morgan fingerprint density at radius 3 is 2.42 bits per heavy atom. The van der Waals surface area contributed by atoms with E-state index in [-0.39, 0.29) is 28.5 Å². The van der Waals surface area contributed by atoms with E-state index in [1.54, 1.807) is 6.92 Å². The lowest BCUT2D eigenvalue weighted by atomic mass is 9.94. The second kappa shape index (κ2) is 12.1. The molecule has 2 N–H and O–H groups in total. The normalized spacial score (nSPS) is 14.5. The Hall–Kier alpha value is -2.86. The van der Waals surface area contributed by atoms with Crippen LogP contribution in [-0.4, -0.2) is 36.2 Å². The quantitative estimate of drug-likeness (QED) is 0.312. The highest BCUT2D eigenvalue weighted by atomic mass is 16.5. The smallest absolute Gasteiger partial charge is 0.238 e. The van der Waals surface area contributed by atoms with Crippen LogP contribution < -0.4 is 14.9 Å². The number of ether oxygens (including phenoxy) is 2. The Balaban J connectivity index is 2.80. The van der Waals surface area contributed by atoms with Crippen LogP contribution in [0, 0.1) is 12.8 Å². The molecular weight excluding hydrogens is 394 g/mol. The minimum atomic E-state index is -0.880. The molecule has 0 unspecified atom stereocenters. The third-order valence-electron chi connectivity index (χ3n) is 5.19. The monoisotopic (exact) mass is 429 g/mol. The summed E-state index contributed by atoms with van der Waals surface area (Å²) in [4.78, 5) is 26.9. The summed E-state index contributed by atoms with van der Waals surface area (Å²) < 4.78 is 10.4. The number of nitrogens with one attached hydrogen (secondary N) is 1. The van der Waals surface area contributed by atoms with Crippen molar-refractivity contribution in [2.45, 2.75) is 53.6 Å². The van der Waals surface area contributed by atoms with Crippen molar-refractivity contribution in [1.82, 2.24) is 4.98 Å². The second-order valence-corrected chi connectivity index (χ2v) is 7.78. The molecule has 0 spiro atoms. The molecule has 0 fully saturated rings. The zero-order valence-corrected chi connectivity index (χ0v) is 19.7. The number of hydrogen-bond acceptors (Lipinski definition) is 5. The zero-order valence-electron chi connectivity index (χ0n) is 19.7. The first-order valence-electron chi connectivity index (χ1n) is 10.3. The summed E-state index contributed by atoms with van der Waals surface area (Å²) in [6.07, 6.45) is 8.46. The number of aromatic nitrogens is 1. The summed E-state index contributed by atoms with van der Waals surface area (Å²) in [6.45, 7) is 12.7. The van der Waals surface area contributed by atoms with Crippen LogP contribution in [-0.2, 0) is 11.2 Å². The number of methoxy groups -OCH3 is 2. The molecular formula is C25H35NO5. The number of rotatable bonds is 11. The fourth-order valence-corrected chi connectivity index (χ4v) is 3.11. The summed E-state index contributed by atoms with van der Waals surface area (Å²) >= 11 is 0. The molecule has 6 heteroatoms. The number of aliphatic hydroxyl groups excluding tert-OH is 1. The minimum absolute atomic E-state index is 0.177. The van der Waals surface area contributed by atoms with Crippen LogP contribution >= 0.6 is 0 Å². The van der Waals surface area contributed by atoms with Crippen molar-refractivity contribution in [3.8, 4) is 11.6 Å². The van der Waals surface area contributed by atoms with Gasteiger partial charge in [0, 0.05) is 29.2 Å². The molecule has 0 saturated carbocycles. The van der Waals surface area contributed by atoms with Crippen molar-refractivity contribution in [2.24, 2.45) is 5.92 Å². The standard InChI is InChI=1S/C25H35NO5/c1-15(10-9-11-16(2)14-17(3)22(28)18(4)20(6)27)12-13-21-19(5)23(29)24(30-7)25(26-21)31-8/h9,11-12,14,17,22,28H,4,10,13H2,1-3,5-8H3,(H,26,29)/b11-9+,15-12+,16-14+/t17-,22-/m1/s1. The largest absolute Gasteiger partial charge is 0.488 e. The van der Waals surface area contributed by atoms with Gasteiger partial charge in [0.1, 0.15) is 0 Å². The molecule has 0 aliphatic carbocycles. The first kappa shape index (κ1) is 26.2. The van der Waals surface area contributed by atoms with Gasteiger partial charge in [0.2, 0.25) is 17.1 Å². The molecule has 0 saturated heterocycles. The number of carbonyl (C=O) groups excluding carboxylic acids is 1. The number of H-pyrrole nitrogens is 1. The van der Waals surface area contributed by atoms with Gasteiger partial charge < -0.3 is 19.6 Å². The number of Topliss-reactive ketones (excluding diaryl/α,β-unsaturated/α-hetero) is 1. The molecule has 1 aromatic rings. The predicted octanol–water partition coefficient (Wildman–Crippen LogP) is 4.22. The molecule has 6 nitrogen and oxygen atoms in total. The van der Waals surface area contributed by atoms with Crippen LogP contribution in [0.3, 0.4) is 0 Å². The van der Waals surface area contributed by atoms with Crippen molar-refractivity contribution in [1.29, 1.82) is 0 Å². The van der Waals surface area contributed by atoms with Crippen LogP contribution in [0.5, 0.6) is 11.6 Å². The molecule has 0 aliphatic heterocycles. The average molecular weight is 430 g/mol. The lowest BCUT2D eigenvalue weighted by Crippen LogP contribution is -2.22. The van der Waals surface area contributed by atoms with Crippen molar-refractivity contribution < 1.29 is 19.4 Å².